The van der Waals surface area contributed by atoms with Gasteiger partial charge in [-0.2, -0.15) is 5.84 Å². The van der Waals surface area contributed by atoms with Crippen molar-refractivity contribution in [3.63, 3.8) is 0 Å². The molecule has 0 amide bonds. The Labute approximate surface area is 73.5 Å². The van der Waals surface area contributed by atoms with Crippen LogP contribution in [0.3, 0.4) is 0 Å². The van der Waals surface area contributed by atoms with Gasteiger partial charge in [-0.3, -0.25) is 0 Å². The molecule has 2 rings (SSSR count). The number of hydrazine groups is 1. The predicted octanol–water partition coefficient (Wildman–Crippen LogP) is 0.700. The van der Waals surface area contributed by atoms with Crippen molar-refractivity contribution in [2.45, 2.75) is 0 Å². The minimum absolute atomic E-state index is 1.00. The van der Waals surface area contributed by atoms with Crippen LogP contribution in [0.2, 0.25) is 0 Å². The van der Waals surface area contributed by atoms with Gasteiger partial charge in [0.25, 0.3) is 0 Å². The standard InChI is InChI=1S/C7H6N2.H2N2O2/c1-2-4-7-6(3-1)8-5-9-7;1-2(3)4/h1-5H,(H,8,9);1H2. The van der Waals surface area contributed by atoms with Gasteiger partial charge in [-0.05, 0) is 12.1 Å². The molecule has 0 bridgehead atoms. The smallest absolute Gasteiger partial charge is 0.154 e. The van der Waals surface area contributed by atoms with Crippen LogP contribution >= 0.6 is 0 Å². The molecule has 6 nitrogen and oxygen atoms in total. The second kappa shape index (κ2) is 4.05. The van der Waals surface area contributed by atoms with Gasteiger partial charge in [0.2, 0.25) is 0 Å². The summed E-state index contributed by atoms with van der Waals surface area (Å²) in [6.45, 7) is 0. The maximum Gasteiger partial charge on any atom is 0.154 e. The van der Waals surface area contributed by atoms with Gasteiger partial charge in [-0.15, -0.1) is 0 Å². The van der Waals surface area contributed by atoms with Crippen molar-refractivity contribution in [3.05, 3.63) is 40.7 Å². The van der Waals surface area contributed by atoms with Crippen LogP contribution in [0, 0.1) is 10.1 Å². The number of H-pyrrole nitrogens is 1. The van der Waals surface area contributed by atoms with E-state index >= 15 is 0 Å². The largest absolute Gasteiger partial charge is 0.345 e. The third kappa shape index (κ3) is 2.78. The van der Waals surface area contributed by atoms with E-state index in [1.165, 1.54) is 0 Å². The molecule has 0 unspecified atom stereocenters. The topological polar surface area (TPSA) is 97.8 Å². The lowest BCUT2D eigenvalue weighted by molar-refractivity contribution is -0.491. The summed E-state index contributed by atoms with van der Waals surface area (Å²) < 4.78 is 0. The molecule has 13 heavy (non-hydrogen) atoms. The first kappa shape index (κ1) is 8.98. The minimum atomic E-state index is -1.00. The fourth-order valence-electron chi connectivity index (χ4n) is 0.880. The van der Waals surface area contributed by atoms with Crippen LogP contribution in [0.5, 0.6) is 0 Å². The van der Waals surface area contributed by atoms with E-state index in [0.29, 0.717) is 0 Å². The fourth-order valence-corrected chi connectivity index (χ4v) is 0.880. The first-order chi connectivity index (χ1) is 6.20. The predicted molar refractivity (Wildman–Crippen MR) is 47.3 cm³/mol. The third-order valence-corrected chi connectivity index (χ3v) is 1.33. The number of hydrogen-bond donors (Lipinski definition) is 2. The number of para-hydroxylation sites is 2. The first-order valence-electron chi connectivity index (χ1n) is 3.47. The van der Waals surface area contributed by atoms with Crippen molar-refractivity contribution in [2.24, 2.45) is 5.84 Å². The number of benzene rings is 1. The summed E-state index contributed by atoms with van der Waals surface area (Å²) in [4.78, 5) is 15.7. The second-order valence-corrected chi connectivity index (χ2v) is 2.21. The Morgan fingerprint density at radius 1 is 1.46 bits per heavy atom. The number of aromatic nitrogens is 2. The maximum absolute atomic E-state index is 8.58. The summed E-state index contributed by atoms with van der Waals surface area (Å²) in [7, 11) is 0. The highest BCUT2D eigenvalue weighted by atomic mass is 16.7. The Balaban J connectivity index is 0.000000184. The van der Waals surface area contributed by atoms with Gasteiger partial charge >= 0.3 is 0 Å². The number of rotatable bonds is 0. The van der Waals surface area contributed by atoms with Gasteiger partial charge in [0.05, 0.1) is 17.4 Å². The molecule has 0 aliphatic heterocycles. The molecule has 0 fully saturated rings. The molecule has 1 heterocycles. The zero-order chi connectivity index (χ0) is 9.68. The van der Waals surface area contributed by atoms with E-state index in [-0.39, 0.29) is 0 Å². The van der Waals surface area contributed by atoms with E-state index in [9.17, 15) is 0 Å². The van der Waals surface area contributed by atoms with Crippen LogP contribution in [-0.4, -0.2) is 15.0 Å². The van der Waals surface area contributed by atoms with Gasteiger partial charge in [0, 0.05) is 0 Å². The fraction of sp³-hybridized carbons (Fsp3) is 0. The monoisotopic (exact) mass is 180 g/mol. The van der Waals surface area contributed by atoms with Gasteiger partial charge < -0.3 is 4.98 Å². The molecule has 1 aromatic heterocycles. The lowest BCUT2D eigenvalue weighted by Crippen LogP contribution is -2.04. The van der Waals surface area contributed by atoms with Crippen LogP contribution in [0.4, 0.5) is 0 Å². The number of aromatic amines is 1. The van der Waals surface area contributed by atoms with Gasteiger partial charge in [-0.25, -0.2) is 15.1 Å². The number of fused-ring (bicyclic) bond motifs is 1. The molecule has 0 saturated heterocycles. The molecule has 0 spiro atoms. The number of nitrogens with two attached hydrogens (primary N) is 1. The lowest BCUT2D eigenvalue weighted by atomic mass is 10.3. The van der Waals surface area contributed by atoms with Crippen LogP contribution in [-0.2, 0) is 0 Å². The van der Waals surface area contributed by atoms with Gasteiger partial charge in [0.1, 0.15) is 0 Å². The molecule has 0 atom stereocenters. The maximum atomic E-state index is 8.58. The molecule has 0 aliphatic carbocycles. The van der Waals surface area contributed by atoms with Crippen molar-refractivity contribution in [3.8, 4) is 0 Å². The van der Waals surface area contributed by atoms with Crippen molar-refractivity contribution in [1.29, 1.82) is 0 Å². The molecule has 1 aromatic carbocycles. The molecule has 0 aliphatic rings. The summed E-state index contributed by atoms with van der Waals surface area (Å²) in [5.74, 6) is 3.83. The van der Waals surface area contributed by atoms with Crippen molar-refractivity contribution in [1.82, 2.24) is 9.97 Å². The second-order valence-electron chi connectivity index (χ2n) is 2.21. The third-order valence-electron chi connectivity index (χ3n) is 1.33. The lowest BCUT2D eigenvalue weighted by Gasteiger charge is -1.81. The normalized spacial score (nSPS) is 8.92. The van der Waals surface area contributed by atoms with E-state index in [4.69, 9.17) is 10.1 Å². The SMILES string of the molecule is N[N+](=O)[O-].c1ccc2[nH]cnc2c1. The van der Waals surface area contributed by atoms with E-state index in [1.807, 2.05) is 24.3 Å². The van der Waals surface area contributed by atoms with E-state index in [0.717, 1.165) is 11.0 Å². The van der Waals surface area contributed by atoms with Crippen LogP contribution in [0.1, 0.15) is 0 Å². The van der Waals surface area contributed by atoms with Crippen molar-refractivity contribution in [2.75, 3.05) is 0 Å². The molecule has 0 radical (unpaired) electrons. The summed E-state index contributed by atoms with van der Waals surface area (Å²) in [6.07, 6.45) is 1.70. The highest BCUT2D eigenvalue weighted by Gasteiger charge is 1.88. The number of hydrogen-bond acceptors (Lipinski definition) is 3. The molecular weight excluding hydrogens is 172 g/mol. The Bertz CT molecular complexity index is 364. The van der Waals surface area contributed by atoms with Crippen LogP contribution < -0.4 is 5.84 Å². The number of nitrogens with one attached hydrogen (secondary N) is 1. The Morgan fingerprint density at radius 2 is 2.08 bits per heavy atom. The summed E-state index contributed by atoms with van der Waals surface area (Å²) >= 11 is 0. The summed E-state index contributed by atoms with van der Waals surface area (Å²) in [5, 5.41) is 7.58. The average molecular weight is 180 g/mol. The molecule has 2 aromatic rings. The van der Waals surface area contributed by atoms with E-state index < -0.39 is 5.03 Å². The summed E-state index contributed by atoms with van der Waals surface area (Å²) in [6, 6.07) is 7.94. The first-order valence-corrected chi connectivity index (χ1v) is 3.47. The molecule has 6 heteroatoms. The minimum Gasteiger partial charge on any atom is -0.345 e. The highest BCUT2D eigenvalue weighted by Crippen LogP contribution is 2.05. The number of nitro groups is 1. The Kier molecular flexibility index (Phi) is 2.80. The molecule has 0 saturated carbocycles. The number of imidazole rings is 1. The summed E-state index contributed by atoms with van der Waals surface area (Å²) in [5.41, 5.74) is 2.12. The quantitative estimate of drug-likeness (QED) is 0.354. The highest BCUT2D eigenvalue weighted by molar-refractivity contribution is 5.73. The Hall–Kier alpha value is -2.11. The molecular formula is C7H8N4O2. The number of nitrogens with zero attached hydrogens (tertiary/aromatic N) is 2. The average Bonchev–Trinajstić information content (AvgIpc) is 2.49. The molecule has 68 valence electrons. The van der Waals surface area contributed by atoms with Crippen molar-refractivity contribution >= 4 is 11.0 Å². The van der Waals surface area contributed by atoms with Gasteiger partial charge in [0.15, 0.2) is 5.03 Å². The van der Waals surface area contributed by atoms with Crippen LogP contribution in [0.25, 0.3) is 11.0 Å². The van der Waals surface area contributed by atoms with Crippen molar-refractivity contribution < 1.29 is 5.03 Å². The zero-order valence-electron chi connectivity index (χ0n) is 6.68. The zero-order valence-corrected chi connectivity index (χ0v) is 6.68. The van der Waals surface area contributed by atoms with Gasteiger partial charge in [-0.1, -0.05) is 12.1 Å². The van der Waals surface area contributed by atoms with E-state index in [1.54, 1.807) is 6.33 Å². The van der Waals surface area contributed by atoms with E-state index in [2.05, 4.69) is 15.8 Å². The van der Waals surface area contributed by atoms with Crippen LogP contribution in [0.15, 0.2) is 30.6 Å². The Morgan fingerprint density at radius 3 is 2.69 bits per heavy atom. The molecule has 3 N–H and O–H groups in total.